The van der Waals surface area contributed by atoms with Gasteiger partial charge in [-0.3, -0.25) is 14.5 Å². The lowest BCUT2D eigenvalue weighted by atomic mass is 10.1. The maximum absolute atomic E-state index is 12.4. The zero-order chi connectivity index (χ0) is 15.4. The maximum atomic E-state index is 12.4. The van der Waals surface area contributed by atoms with Crippen LogP contribution in [0.2, 0.25) is 0 Å². The number of aromatic nitrogens is 3. The Morgan fingerprint density at radius 2 is 2.00 bits per heavy atom. The highest BCUT2D eigenvalue weighted by Gasteiger charge is 2.14. The first-order chi connectivity index (χ1) is 10.0. The zero-order valence-corrected chi connectivity index (χ0v) is 13.3. The highest BCUT2D eigenvalue weighted by atomic mass is 16.1. The first kappa shape index (κ1) is 15.4. The van der Waals surface area contributed by atoms with Crippen LogP contribution in [0.1, 0.15) is 60.0 Å². The molecule has 2 aromatic heterocycles. The molecule has 2 rings (SSSR count). The highest BCUT2D eigenvalue weighted by molar-refractivity contribution is 5.96. The van der Waals surface area contributed by atoms with Crippen LogP contribution in [0.25, 0.3) is 0 Å². The number of rotatable bonds is 6. The number of hydrogen-bond donors (Lipinski definition) is 0. The zero-order valence-electron chi connectivity index (χ0n) is 13.3. The summed E-state index contributed by atoms with van der Waals surface area (Å²) in [6.45, 7) is 8.21. The van der Waals surface area contributed by atoms with Crippen molar-refractivity contribution in [1.82, 2.24) is 14.8 Å². The van der Waals surface area contributed by atoms with Crippen molar-refractivity contribution in [1.29, 1.82) is 0 Å². The van der Waals surface area contributed by atoms with Gasteiger partial charge in [-0.05, 0) is 43.9 Å². The fourth-order valence-electron chi connectivity index (χ4n) is 2.59. The van der Waals surface area contributed by atoms with Gasteiger partial charge in [0.1, 0.15) is 5.69 Å². The summed E-state index contributed by atoms with van der Waals surface area (Å²) < 4.78 is 1.97. The molecule has 0 bridgehead atoms. The van der Waals surface area contributed by atoms with Crippen LogP contribution < -0.4 is 0 Å². The first-order valence-corrected chi connectivity index (χ1v) is 7.55. The number of hydrogen-bond acceptors (Lipinski definition) is 3. The summed E-state index contributed by atoms with van der Waals surface area (Å²) >= 11 is 0. The van der Waals surface area contributed by atoms with Crippen LogP contribution in [0.4, 0.5) is 0 Å². The number of carbonyl (C=O) groups excluding carboxylic acids is 1. The van der Waals surface area contributed by atoms with E-state index in [1.807, 2.05) is 36.9 Å². The topological polar surface area (TPSA) is 47.8 Å². The van der Waals surface area contributed by atoms with Gasteiger partial charge in [0.05, 0.1) is 18.2 Å². The summed E-state index contributed by atoms with van der Waals surface area (Å²) in [5, 5.41) is 4.53. The predicted molar refractivity (Wildman–Crippen MR) is 83.6 cm³/mol. The van der Waals surface area contributed by atoms with Gasteiger partial charge < -0.3 is 0 Å². The van der Waals surface area contributed by atoms with Crippen molar-refractivity contribution in [2.45, 2.75) is 53.0 Å². The fraction of sp³-hybridized carbons (Fsp3) is 0.471. The van der Waals surface area contributed by atoms with Crippen molar-refractivity contribution in [3.63, 3.8) is 0 Å². The number of Topliss-reactive ketones (excluding diaryl/α,β-unsaturated/α-hetero) is 1. The summed E-state index contributed by atoms with van der Waals surface area (Å²) in [7, 11) is 0. The molecule has 0 aliphatic rings. The van der Waals surface area contributed by atoms with E-state index in [0.29, 0.717) is 18.2 Å². The van der Waals surface area contributed by atoms with Crippen molar-refractivity contribution in [3.05, 3.63) is 47.0 Å². The average Bonchev–Trinajstić information content (AvgIpc) is 2.88. The second-order valence-corrected chi connectivity index (χ2v) is 5.54. The van der Waals surface area contributed by atoms with E-state index in [1.165, 1.54) is 0 Å². The smallest absolute Gasteiger partial charge is 0.187 e. The van der Waals surface area contributed by atoms with E-state index in [4.69, 9.17) is 0 Å². The molecule has 0 amide bonds. The lowest BCUT2D eigenvalue weighted by Gasteiger charge is -2.12. The van der Waals surface area contributed by atoms with Gasteiger partial charge in [0, 0.05) is 12.4 Å². The van der Waals surface area contributed by atoms with Gasteiger partial charge in [0.15, 0.2) is 5.78 Å². The first-order valence-electron chi connectivity index (χ1n) is 7.55. The van der Waals surface area contributed by atoms with Gasteiger partial charge in [-0.1, -0.05) is 19.9 Å². The largest absolute Gasteiger partial charge is 0.292 e. The van der Waals surface area contributed by atoms with Gasteiger partial charge in [0.2, 0.25) is 0 Å². The Morgan fingerprint density at radius 1 is 1.29 bits per heavy atom. The lowest BCUT2D eigenvalue weighted by molar-refractivity contribution is 0.0986. The summed E-state index contributed by atoms with van der Waals surface area (Å²) in [6, 6.07) is 4.33. The van der Waals surface area contributed by atoms with Crippen LogP contribution in [0.3, 0.4) is 0 Å². The van der Waals surface area contributed by atoms with Crippen LogP contribution in [-0.2, 0) is 6.42 Å². The van der Waals surface area contributed by atoms with Gasteiger partial charge in [-0.15, -0.1) is 0 Å². The van der Waals surface area contributed by atoms with Crippen molar-refractivity contribution in [2.75, 3.05) is 0 Å². The number of ketones is 1. The molecule has 4 nitrogen and oxygen atoms in total. The molecule has 0 saturated heterocycles. The van der Waals surface area contributed by atoms with E-state index < -0.39 is 0 Å². The Kier molecular flexibility index (Phi) is 4.89. The fourth-order valence-corrected chi connectivity index (χ4v) is 2.59. The molecule has 0 radical (unpaired) electrons. The molecule has 0 N–H and O–H groups in total. The third-order valence-corrected chi connectivity index (χ3v) is 3.80. The molecule has 0 fully saturated rings. The van der Waals surface area contributed by atoms with Crippen molar-refractivity contribution >= 4 is 5.78 Å². The molecule has 0 atom stereocenters. The molecular formula is C17H23N3O. The Balaban J connectivity index is 2.13. The second-order valence-electron chi connectivity index (χ2n) is 5.54. The minimum Gasteiger partial charge on any atom is -0.292 e. The van der Waals surface area contributed by atoms with Gasteiger partial charge in [0.25, 0.3) is 0 Å². The van der Waals surface area contributed by atoms with Gasteiger partial charge in [-0.2, -0.15) is 5.10 Å². The van der Waals surface area contributed by atoms with E-state index in [1.54, 1.807) is 6.20 Å². The molecule has 2 heterocycles. The van der Waals surface area contributed by atoms with Gasteiger partial charge in [-0.25, -0.2) is 0 Å². The summed E-state index contributed by atoms with van der Waals surface area (Å²) in [6.07, 6.45) is 6.11. The third-order valence-electron chi connectivity index (χ3n) is 3.80. The normalized spacial score (nSPS) is 11.1. The van der Waals surface area contributed by atoms with E-state index in [9.17, 15) is 4.79 Å². The number of nitrogens with zero attached hydrogens (tertiary/aromatic N) is 3. The molecule has 0 unspecified atom stereocenters. The van der Waals surface area contributed by atoms with Crippen molar-refractivity contribution in [3.8, 4) is 0 Å². The number of pyridine rings is 1. The van der Waals surface area contributed by atoms with Gasteiger partial charge >= 0.3 is 0 Å². The monoisotopic (exact) mass is 285 g/mol. The SMILES string of the molecule is CCC(CC)n1ccc(CC(=O)c2ncc(C)cc2C)n1. The second kappa shape index (κ2) is 6.66. The summed E-state index contributed by atoms with van der Waals surface area (Å²) in [4.78, 5) is 16.6. The number of aryl methyl sites for hydroxylation is 2. The van der Waals surface area contributed by atoms with Crippen molar-refractivity contribution < 1.29 is 4.79 Å². The quantitative estimate of drug-likeness (QED) is 0.761. The summed E-state index contributed by atoms with van der Waals surface area (Å²) in [5.74, 6) is 0.0299. The van der Waals surface area contributed by atoms with Crippen LogP contribution >= 0.6 is 0 Å². The molecule has 0 aromatic carbocycles. The molecule has 4 heteroatoms. The minimum absolute atomic E-state index is 0.0299. The lowest BCUT2D eigenvalue weighted by Crippen LogP contribution is -2.11. The Morgan fingerprint density at radius 3 is 2.62 bits per heavy atom. The van der Waals surface area contributed by atoms with Crippen LogP contribution in [0.5, 0.6) is 0 Å². The average molecular weight is 285 g/mol. The standard InChI is InChI=1S/C17H23N3O/c1-5-15(6-2)20-8-7-14(19-20)10-16(21)17-13(4)9-12(3)11-18-17/h7-9,11,15H,5-6,10H2,1-4H3. The Bertz CT molecular complexity index is 627. The third kappa shape index (κ3) is 3.57. The molecule has 0 spiro atoms. The van der Waals surface area contributed by atoms with Crippen LogP contribution in [-0.4, -0.2) is 20.5 Å². The molecule has 0 aliphatic carbocycles. The Hall–Kier alpha value is -1.97. The van der Waals surface area contributed by atoms with Crippen LogP contribution in [0.15, 0.2) is 24.5 Å². The minimum atomic E-state index is 0.0299. The molecular weight excluding hydrogens is 262 g/mol. The molecule has 0 saturated carbocycles. The Labute approximate surface area is 126 Å². The molecule has 112 valence electrons. The van der Waals surface area contributed by atoms with E-state index in [-0.39, 0.29) is 5.78 Å². The predicted octanol–water partition coefficient (Wildman–Crippen LogP) is 3.68. The van der Waals surface area contributed by atoms with E-state index in [2.05, 4.69) is 23.9 Å². The molecule has 21 heavy (non-hydrogen) atoms. The highest BCUT2D eigenvalue weighted by Crippen LogP contribution is 2.16. The summed E-state index contributed by atoms with van der Waals surface area (Å²) in [5.41, 5.74) is 3.37. The van der Waals surface area contributed by atoms with Crippen molar-refractivity contribution in [2.24, 2.45) is 0 Å². The molecule has 0 aliphatic heterocycles. The number of carbonyl (C=O) groups is 1. The van der Waals surface area contributed by atoms with E-state index >= 15 is 0 Å². The maximum Gasteiger partial charge on any atom is 0.187 e. The van der Waals surface area contributed by atoms with E-state index in [0.717, 1.165) is 29.7 Å². The van der Waals surface area contributed by atoms with Crippen LogP contribution in [0, 0.1) is 13.8 Å². The molecule has 2 aromatic rings.